The van der Waals surface area contributed by atoms with Crippen LogP contribution in [0, 0.1) is 0 Å². The summed E-state index contributed by atoms with van der Waals surface area (Å²) in [6, 6.07) is 12.1. The van der Waals surface area contributed by atoms with Crippen LogP contribution in [-0.4, -0.2) is 46.3 Å². The second-order valence-corrected chi connectivity index (χ2v) is 12.4. The fraction of sp³-hybridized carbons (Fsp3) is 0.370. The van der Waals surface area contributed by atoms with Crippen molar-refractivity contribution in [3.8, 4) is 11.4 Å². The Morgan fingerprint density at radius 3 is 2.67 bits per heavy atom. The molecule has 39 heavy (non-hydrogen) atoms. The molecule has 0 radical (unpaired) electrons. The van der Waals surface area contributed by atoms with Crippen LogP contribution in [0.15, 0.2) is 51.7 Å². The lowest BCUT2D eigenvalue weighted by Crippen LogP contribution is -2.25. The average molecular weight is 576 g/mol. The summed E-state index contributed by atoms with van der Waals surface area (Å²) in [4.78, 5) is 32.2. The summed E-state index contributed by atoms with van der Waals surface area (Å²) >= 11 is 6.03. The van der Waals surface area contributed by atoms with Crippen LogP contribution in [0.4, 0.5) is 5.69 Å². The Morgan fingerprint density at radius 2 is 1.95 bits per heavy atom. The van der Waals surface area contributed by atoms with Gasteiger partial charge in [0.05, 0.1) is 16.3 Å². The molecule has 3 N–H and O–H groups in total. The molecular weight excluding hydrogens is 546 g/mol. The molecule has 208 valence electrons. The molecule has 4 rings (SSSR count). The minimum atomic E-state index is -4.30. The van der Waals surface area contributed by atoms with E-state index in [1.54, 1.807) is 63.2 Å². The van der Waals surface area contributed by atoms with Crippen LogP contribution in [0.5, 0.6) is 0 Å². The minimum Gasteiger partial charge on any atom is -0.460 e. The number of H-pyrrole nitrogens is 1. The van der Waals surface area contributed by atoms with E-state index >= 15 is 0 Å². The van der Waals surface area contributed by atoms with E-state index < -0.39 is 32.6 Å². The molecule has 0 spiro atoms. The van der Waals surface area contributed by atoms with Crippen molar-refractivity contribution >= 4 is 55.4 Å². The molecule has 2 aromatic heterocycles. The van der Waals surface area contributed by atoms with Gasteiger partial charge in [0.1, 0.15) is 22.6 Å². The third kappa shape index (κ3) is 7.59. The zero-order valence-corrected chi connectivity index (χ0v) is 23.4. The second-order valence-electron chi connectivity index (χ2n) is 10.3. The molecule has 10 nitrogen and oxygen atoms in total. The van der Waals surface area contributed by atoms with E-state index in [4.69, 9.17) is 20.8 Å². The van der Waals surface area contributed by atoms with Gasteiger partial charge in [0.15, 0.2) is 0 Å². The predicted molar refractivity (Wildman–Crippen MR) is 151 cm³/mol. The first-order valence-corrected chi connectivity index (χ1v) is 14.3. The molecule has 0 amide bonds. The number of rotatable bonds is 10. The van der Waals surface area contributed by atoms with Crippen molar-refractivity contribution in [1.29, 1.82) is 0 Å². The van der Waals surface area contributed by atoms with Crippen molar-refractivity contribution in [2.45, 2.75) is 57.3 Å². The van der Waals surface area contributed by atoms with Crippen molar-refractivity contribution < 1.29 is 26.9 Å². The summed E-state index contributed by atoms with van der Waals surface area (Å²) in [5, 5.41) is 3.28. The van der Waals surface area contributed by atoms with Crippen molar-refractivity contribution in [1.82, 2.24) is 9.97 Å². The molecule has 0 saturated carbocycles. The Hall–Kier alpha value is -3.41. The van der Waals surface area contributed by atoms with Crippen molar-refractivity contribution in [3.05, 3.63) is 57.9 Å². The summed E-state index contributed by atoms with van der Waals surface area (Å²) in [6.07, 6.45) is 0.554. The largest absolute Gasteiger partial charge is 0.460 e. The van der Waals surface area contributed by atoms with Gasteiger partial charge >= 0.3 is 11.6 Å². The third-order valence-electron chi connectivity index (χ3n) is 5.98. The fourth-order valence-corrected chi connectivity index (χ4v) is 5.23. The number of imidazole rings is 1. The van der Waals surface area contributed by atoms with Gasteiger partial charge in [-0.3, -0.25) is 9.35 Å². The number of fused-ring (bicyclic) bond motifs is 2. The summed E-state index contributed by atoms with van der Waals surface area (Å²) < 4.78 is 44.1. The minimum absolute atomic E-state index is 0.0597. The fourth-order valence-electron chi connectivity index (χ4n) is 4.18. The molecule has 4 aromatic rings. The van der Waals surface area contributed by atoms with E-state index in [1.165, 1.54) is 0 Å². The van der Waals surface area contributed by atoms with E-state index in [1.807, 2.05) is 0 Å². The van der Waals surface area contributed by atoms with E-state index in [-0.39, 0.29) is 37.8 Å². The molecule has 1 atom stereocenters. The van der Waals surface area contributed by atoms with Crippen LogP contribution < -0.4 is 10.9 Å². The number of ether oxygens (including phenoxy) is 1. The van der Waals surface area contributed by atoms with Gasteiger partial charge in [0, 0.05) is 35.1 Å². The smallest absolute Gasteiger partial charge is 0.347 e. The topological polar surface area (TPSA) is 152 Å². The molecule has 0 fully saturated rings. The van der Waals surface area contributed by atoms with E-state index in [9.17, 15) is 22.6 Å². The van der Waals surface area contributed by atoms with Gasteiger partial charge in [-0.25, -0.2) is 9.78 Å². The molecule has 0 aliphatic rings. The first kappa shape index (κ1) is 28.6. The maximum atomic E-state index is 12.7. The van der Waals surface area contributed by atoms with Gasteiger partial charge in [0.2, 0.25) is 0 Å². The average Bonchev–Trinajstić information content (AvgIpc) is 3.23. The maximum Gasteiger partial charge on any atom is 0.347 e. The maximum absolute atomic E-state index is 12.7. The number of hydrogen-bond donors (Lipinski definition) is 3. The predicted octanol–water partition coefficient (Wildman–Crippen LogP) is 5.56. The number of hydrogen-bond acceptors (Lipinski definition) is 8. The number of carbonyl (C=O) groups is 1. The van der Waals surface area contributed by atoms with Crippen LogP contribution in [0.3, 0.4) is 0 Å². The standard InChI is InChI=1S/C27H30ClN3O7S/c1-27(2,3)38-24(32)6-4-5-19(39(34,35)36)11-12-29-18-9-7-16-13-20(26(33)37-23(16)15-18)25-30-21-10-8-17(28)14-22(21)31-25/h7-10,13-15,19,29H,4-6,11-12H2,1-3H3,(H,30,31)(H,34,35,36). The number of aromatic nitrogens is 2. The highest BCUT2D eigenvalue weighted by Gasteiger charge is 2.24. The number of carbonyl (C=O) groups excluding carboxylic acids is 1. The first-order valence-electron chi connectivity index (χ1n) is 12.4. The molecule has 0 bridgehead atoms. The third-order valence-corrected chi connectivity index (χ3v) is 7.53. The quantitative estimate of drug-likeness (QED) is 0.125. The zero-order chi connectivity index (χ0) is 28.4. The number of aromatic amines is 1. The van der Waals surface area contributed by atoms with Crippen LogP contribution in [-0.2, 0) is 19.6 Å². The summed E-state index contributed by atoms with van der Waals surface area (Å²) in [5.41, 5.74) is 1.41. The molecule has 1 unspecified atom stereocenters. The van der Waals surface area contributed by atoms with Crippen LogP contribution >= 0.6 is 11.6 Å². The lowest BCUT2D eigenvalue weighted by Gasteiger charge is -2.20. The summed E-state index contributed by atoms with van der Waals surface area (Å²) in [6.45, 7) is 5.50. The molecule has 12 heteroatoms. The Kier molecular flexibility index (Phi) is 8.34. The second kappa shape index (κ2) is 11.4. The van der Waals surface area contributed by atoms with Crippen molar-refractivity contribution in [2.24, 2.45) is 0 Å². The summed E-state index contributed by atoms with van der Waals surface area (Å²) in [7, 11) is -4.30. The lowest BCUT2D eigenvalue weighted by molar-refractivity contribution is -0.154. The van der Waals surface area contributed by atoms with Gasteiger partial charge in [0.25, 0.3) is 10.1 Å². The Bertz CT molecular complexity index is 1670. The molecule has 2 heterocycles. The highest BCUT2D eigenvalue weighted by molar-refractivity contribution is 7.86. The number of nitrogens with zero attached hydrogens (tertiary/aromatic N) is 1. The highest BCUT2D eigenvalue weighted by Crippen LogP contribution is 2.25. The number of halogens is 1. The van der Waals surface area contributed by atoms with Gasteiger partial charge < -0.3 is 19.5 Å². The van der Waals surface area contributed by atoms with Gasteiger partial charge in [-0.1, -0.05) is 11.6 Å². The Balaban J connectivity index is 1.40. The Morgan fingerprint density at radius 1 is 1.18 bits per heavy atom. The lowest BCUT2D eigenvalue weighted by atomic mass is 10.1. The number of anilines is 1. The highest BCUT2D eigenvalue weighted by atomic mass is 35.5. The molecule has 2 aromatic carbocycles. The van der Waals surface area contributed by atoms with Crippen molar-refractivity contribution in [2.75, 3.05) is 11.9 Å². The van der Waals surface area contributed by atoms with E-state index in [2.05, 4.69) is 15.3 Å². The molecule has 0 aliphatic carbocycles. The van der Waals surface area contributed by atoms with Gasteiger partial charge in [-0.05, 0) is 76.4 Å². The van der Waals surface area contributed by atoms with Crippen LogP contribution in [0.2, 0.25) is 5.02 Å². The van der Waals surface area contributed by atoms with Crippen LogP contribution in [0.1, 0.15) is 46.5 Å². The zero-order valence-electron chi connectivity index (χ0n) is 21.8. The van der Waals surface area contributed by atoms with Gasteiger partial charge in [-0.15, -0.1) is 0 Å². The van der Waals surface area contributed by atoms with Gasteiger partial charge in [-0.2, -0.15) is 8.42 Å². The van der Waals surface area contributed by atoms with Crippen molar-refractivity contribution in [3.63, 3.8) is 0 Å². The molecule has 0 aliphatic heterocycles. The Labute approximate surface area is 230 Å². The van der Waals surface area contributed by atoms with E-state index in [0.29, 0.717) is 38.5 Å². The summed E-state index contributed by atoms with van der Waals surface area (Å²) in [5.74, 6) is -0.0479. The first-order chi connectivity index (χ1) is 18.3. The number of esters is 1. The normalized spacial score (nSPS) is 13.1. The molecular formula is C27H30ClN3O7S. The monoisotopic (exact) mass is 575 g/mol. The van der Waals surface area contributed by atoms with Crippen LogP contribution in [0.25, 0.3) is 33.4 Å². The molecule has 0 saturated heterocycles. The number of nitrogens with one attached hydrogen (secondary N) is 2. The SMILES string of the molecule is CC(C)(C)OC(=O)CCCC(CCNc1ccc2cc(-c3nc4ccc(Cl)cc4[nH]3)c(=O)oc2c1)S(=O)(=O)O. The number of benzene rings is 2. The van der Waals surface area contributed by atoms with E-state index in [0.717, 1.165) is 0 Å².